The third kappa shape index (κ3) is 4.54. The summed E-state index contributed by atoms with van der Waals surface area (Å²) in [4.78, 5) is 26.6. The molecule has 2 aromatic rings. The van der Waals surface area contributed by atoms with Crippen molar-refractivity contribution >= 4 is 27.6 Å². The zero-order valence-corrected chi connectivity index (χ0v) is 15.5. The number of aromatic nitrogens is 1. The Morgan fingerprint density at radius 2 is 1.84 bits per heavy atom. The van der Waals surface area contributed by atoms with E-state index in [9.17, 15) is 14.9 Å². The highest BCUT2D eigenvalue weighted by molar-refractivity contribution is 9.10. The molecule has 7 nitrogen and oxygen atoms in total. The van der Waals surface area contributed by atoms with Crippen molar-refractivity contribution in [1.82, 2.24) is 4.98 Å². The van der Waals surface area contributed by atoms with Gasteiger partial charge in [0.1, 0.15) is 0 Å². The van der Waals surface area contributed by atoms with Crippen LogP contribution in [-0.4, -0.2) is 23.0 Å². The van der Waals surface area contributed by atoms with Crippen molar-refractivity contribution in [2.45, 2.75) is 25.9 Å². The fraction of sp³-hybridized carbons (Fsp3) is 0.294. The van der Waals surface area contributed by atoms with Gasteiger partial charge in [-0.25, -0.2) is 9.78 Å². The molecule has 1 aromatic carbocycles. The van der Waals surface area contributed by atoms with Gasteiger partial charge in [0.15, 0.2) is 0 Å². The second kappa shape index (κ2) is 8.06. The summed E-state index contributed by atoms with van der Waals surface area (Å²) < 4.78 is 10.8. The van der Waals surface area contributed by atoms with Crippen LogP contribution in [0.5, 0.6) is 5.88 Å². The number of benzene rings is 1. The predicted octanol–water partition coefficient (Wildman–Crippen LogP) is 4.17. The van der Waals surface area contributed by atoms with Crippen LogP contribution in [0, 0.1) is 10.1 Å². The molecule has 1 atom stereocenters. The van der Waals surface area contributed by atoms with Crippen LogP contribution < -0.4 is 4.74 Å². The number of nitro groups is 1. The smallest absolute Gasteiger partial charge is 0.351 e. The SMILES string of the molecule is COC(=O)C(Oc1ncc(Br)cc1[N+](=O)[O-])c1ccc(C(C)C)cc1. The minimum absolute atomic E-state index is 0.253. The molecule has 0 bridgehead atoms. The van der Waals surface area contributed by atoms with Crippen molar-refractivity contribution in [2.75, 3.05) is 7.11 Å². The van der Waals surface area contributed by atoms with Crippen molar-refractivity contribution in [3.05, 3.63) is 62.2 Å². The number of ether oxygens (including phenoxy) is 2. The molecule has 8 heteroatoms. The first-order chi connectivity index (χ1) is 11.8. The average Bonchev–Trinajstić information content (AvgIpc) is 2.60. The number of rotatable bonds is 6. The van der Waals surface area contributed by atoms with E-state index in [4.69, 9.17) is 9.47 Å². The van der Waals surface area contributed by atoms with Gasteiger partial charge in [-0.05, 0) is 27.4 Å². The van der Waals surface area contributed by atoms with Crippen molar-refractivity contribution in [1.29, 1.82) is 0 Å². The Morgan fingerprint density at radius 1 is 1.24 bits per heavy atom. The maximum Gasteiger partial charge on any atom is 0.351 e. The molecule has 0 spiro atoms. The lowest BCUT2D eigenvalue weighted by atomic mass is 10.00. The molecule has 0 aliphatic heterocycles. The van der Waals surface area contributed by atoms with E-state index in [1.54, 1.807) is 12.1 Å². The summed E-state index contributed by atoms with van der Waals surface area (Å²) in [5.41, 5.74) is 1.28. The number of halogens is 1. The monoisotopic (exact) mass is 408 g/mol. The van der Waals surface area contributed by atoms with E-state index >= 15 is 0 Å². The van der Waals surface area contributed by atoms with Gasteiger partial charge in [0.05, 0.1) is 12.0 Å². The molecule has 25 heavy (non-hydrogen) atoms. The van der Waals surface area contributed by atoms with Crippen molar-refractivity contribution < 1.29 is 19.2 Å². The molecule has 0 aliphatic rings. The first kappa shape index (κ1) is 18.9. The van der Waals surface area contributed by atoms with Crippen molar-refractivity contribution in [3.8, 4) is 5.88 Å². The Labute approximate surface area is 153 Å². The number of hydrogen-bond acceptors (Lipinski definition) is 6. The van der Waals surface area contributed by atoms with Crippen LogP contribution in [0.2, 0.25) is 0 Å². The van der Waals surface area contributed by atoms with Crippen LogP contribution in [0.1, 0.15) is 37.0 Å². The quantitative estimate of drug-likeness (QED) is 0.404. The molecule has 0 saturated carbocycles. The molecule has 0 fully saturated rings. The van der Waals surface area contributed by atoms with Gasteiger partial charge in [0, 0.05) is 22.3 Å². The van der Waals surface area contributed by atoms with Crippen molar-refractivity contribution in [2.24, 2.45) is 0 Å². The van der Waals surface area contributed by atoms with Gasteiger partial charge < -0.3 is 9.47 Å². The van der Waals surface area contributed by atoms with E-state index in [-0.39, 0.29) is 11.6 Å². The molecular weight excluding hydrogens is 392 g/mol. The number of pyridine rings is 1. The molecule has 0 saturated heterocycles. The maximum atomic E-state index is 12.1. The molecule has 0 N–H and O–H groups in total. The molecule has 0 radical (unpaired) electrons. The van der Waals surface area contributed by atoms with Gasteiger partial charge in [-0.3, -0.25) is 10.1 Å². The summed E-state index contributed by atoms with van der Waals surface area (Å²) in [7, 11) is 1.23. The predicted molar refractivity (Wildman–Crippen MR) is 94.5 cm³/mol. The van der Waals surface area contributed by atoms with E-state index in [1.165, 1.54) is 19.4 Å². The summed E-state index contributed by atoms with van der Waals surface area (Å²) in [6, 6.07) is 8.49. The normalized spacial score (nSPS) is 11.9. The summed E-state index contributed by atoms with van der Waals surface area (Å²) in [6.45, 7) is 4.11. The molecule has 2 rings (SSSR count). The first-order valence-corrected chi connectivity index (χ1v) is 8.27. The van der Waals surface area contributed by atoms with E-state index in [1.807, 2.05) is 12.1 Å². The Morgan fingerprint density at radius 3 is 2.36 bits per heavy atom. The van der Waals surface area contributed by atoms with E-state index in [2.05, 4.69) is 34.8 Å². The summed E-state index contributed by atoms with van der Waals surface area (Å²) in [5, 5.41) is 11.2. The van der Waals surface area contributed by atoms with Gasteiger partial charge >= 0.3 is 11.7 Å². The molecule has 1 heterocycles. The third-order valence-corrected chi connectivity index (χ3v) is 3.98. The lowest BCUT2D eigenvalue weighted by Gasteiger charge is -2.17. The van der Waals surface area contributed by atoms with Crippen LogP contribution in [0.3, 0.4) is 0 Å². The summed E-state index contributed by atoms with van der Waals surface area (Å²) in [6.07, 6.45) is 0.206. The van der Waals surface area contributed by atoms with Gasteiger partial charge in [-0.1, -0.05) is 38.1 Å². The molecular formula is C17H17BrN2O5. The minimum atomic E-state index is -1.15. The fourth-order valence-electron chi connectivity index (χ4n) is 2.16. The van der Waals surface area contributed by atoms with E-state index < -0.39 is 17.0 Å². The third-order valence-electron chi connectivity index (χ3n) is 3.55. The van der Waals surface area contributed by atoms with Crippen LogP contribution in [0.25, 0.3) is 0 Å². The van der Waals surface area contributed by atoms with Crippen molar-refractivity contribution in [3.63, 3.8) is 0 Å². The lowest BCUT2D eigenvalue weighted by Crippen LogP contribution is -2.21. The van der Waals surface area contributed by atoms with E-state index in [0.717, 1.165) is 5.56 Å². The van der Waals surface area contributed by atoms with Crippen LogP contribution in [0.15, 0.2) is 41.0 Å². The molecule has 0 amide bonds. The first-order valence-electron chi connectivity index (χ1n) is 7.47. The molecule has 1 unspecified atom stereocenters. The second-order valence-corrected chi connectivity index (χ2v) is 6.49. The number of carbonyl (C=O) groups is 1. The zero-order chi connectivity index (χ0) is 18.6. The average molecular weight is 409 g/mol. The van der Waals surface area contributed by atoms with E-state index in [0.29, 0.717) is 16.0 Å². The van der Waals surface area contributed by atoms with Crippen LogP contribution in [-0.2, 0) is 9.53 Å². The maximum absolute atomic E-state index is 12.1. The summed E-state index contributed by atoms with van der Waals surface area (Å²) >= 11 is 3.13. The number of nitrogens with zero attached hydrogens (tertiary/aromatic N) is 2. The number of hydrogen-bond donors (Lipinski definition) is 0. The Balaban J connectivity index is 2.39. The fourth-order valence-corrected chi connectivity index (χ4v) is 2.48. The van der Waals surface area contributed by atoms with Gasteiger partial charge in [-0.15, -0.1) is 0 Å². The standard InChI is InChI=1S/C17H17BrN2O5/c1-10(2)11-4-6-12(7-5-11)15(17(21)24-3)25-16-14(20(22)23)8-13(18)9-19-16/h4-10,15H,1-3H3. The zero-order valence-electron chi connectivity index (χ0n) is 13.9. The van der Waals surface area contributed by atoms with Gasteiger partial charge in [0.2, 0.25) is 6.10 Å². The highest BCUT2D eigenvalue weighted by Gasteiger charge is 2.28. The molecule has 0 aliphatic carbocycles. The largest absolute Gasteiger partial charge is 0.466 e. The molecule has 132 valence electrons. The topological polar surface area (TPSA) is 91.6 Å². The lowest BCUT2D eigenvalue weighted by molar-refractivity contribution is -0.386. The number of esters is 1. The highest BCUT2D eigenvalue weighted by atomic mass is 79.9. The Bertz CT molecular complexity index is 777. The number of carbonyl (C=O) groups excluding carboxylic acids is 1. The van der Waals surface area contributed by atoms with Gasteiger partial charge in [0.25, 0.3) is 5.88 Å². The van der Waals surface area contributed by atoms with Crippen LogP contribution >= 0.6 is 15.9 Å². The number of methoxy groups -OCH3 is 1. The summed E-state index contributed by atoms with van der Waals surface area (Å²) in [5.74, 6) is -0.589. The minimum Gasteiger partial charge on any atom is -0.466 e. The van der Waals surface area contributed by atoms with Gasteiger partial charge in [-0.2, -0.15) is 0 Å². The highest BCUT2D eigenvalue weighted by Crippen LogP contribution is 2.32. The Kier molecular flexibility index (Phi) is 6.08. The second-order valence-electron chi connectivity index (χ2n) is 5.58. The Hall–Kier alpha value is -2.48. The molecule has 1 aromatic heterocycles. The van der Waals surface area contributed by atoms with Crippen LogP contribution in [0.4, 0.5) is 5.69 Å².